The van der Waals surface area contributed by atoms with Crippen molar-refractivity contribution in [2.45, 2.75) is 32.7 Å². The zero-order valence-electron chi connectivity index (χ0n) is 12.0. The van der Waals surface area contributed by atoms with Crippen LogP contribution in [0.1, 0.15) is 32.0 Å². The highest BCUT2D eigenvalue weighted by molar-refractivity contribution is 6.31. The molecule has 1 aromatic heterocycles. The SMILES string of the molecule is CC(C)(C)c1ccc(Oc2ccc(Cl)c(CN)n2)cc1. The molecule has 0 amide bonds. The molecule has 0 aliphatic heterocycles. The molecule has 1 heterocycles. The fourth-order valence-corrected chi connectivity index (χ4v) is 1.99. The fourth-order valence-electron chi connectivity index (χ4n) is 1.81. The number of ether oxygens (including phenoxy) is 1. The van der Waals surface area contributed by atoms with Crippen LogP contribution in [-0.2, 0) is 12.0 Å². The van der Waals surface area contributed by atoms with Gasteiger partial charge >= 0.3 is 0 Å². The van der Waals surface area contributed by atoms with Gasteiger partial charge in [0, 0.05) is 12.6 Å². The molecule has 0 spiro atoms. The molecule has 3 nitrogen and oxygen atoms in total. The predicted molar refractivity (Wildman–Crippen MR) is 82.4 cm³/mol. The molecule has 0 radical (unpaired) electrons. The number of rotatable bonds is 3. The zero-order valence-corrected chi connectivity index (χ0v) is 12.7. The van der Waals surface area contributed by atoms with E-state index in [1.807, 2.05) is 12.1 Å². The van der Waals surface area contributed by atoms with Crippen molar-refractivity contribution in [3.8, 4) is 11.6 Å². The smallest absolute Gasteiger partial charge is 0.219 e. The van der Waals surface area contributed by atoms with Gasteiger partial charge in [0.25, 0.3) is 0 Å². The number of hydrogen-bond acceptors (Lipinski definition) is 3. The first kappa shape index (κ1) is 14.8. The second kappa shape index (κ2) is 5.81. The lowest BCUT2D eigenvalue weighted by atomic mass is 9.87. The summed E-state index contributed by atoms with van der Waals surface area (Å²) < 4.78 is 5.72. The van der Waals surface area contributed by atoms with Gasteiger partial charge in [-0.2, -0.15) is 0 Å². The molecule has 4 heteroatoms. The number of aromatic nitrogens is 1. The first-order valence-corrected chi connectivity index (χ1v) is 6.92. The van der Waals surface area contributed by atoms with E-state index in [-0.39, 0.29) is 5.41 Å². The second-order valence-corrected chi connectivity index (χ2v) is 6.07. The number of halogens is 1. The average Bonchev–Trinajstić information content (AvgIpc) is 2.40. The molecule has 0 saturated carbocycles. The summed E-state index contributed by atoms with van der Waals surface area (Å²) in [6.45, 7) is 6.82. The Morgan fingerprint density at radius 1 is 1.10 bits per heavy atom. The van der Waals surface area contributed by atoms with Gasteiger partial charge in [0.1, 0.15) is 5.75 Å². The van der Waals surface area contributed by atoms with Crippen LogP contribution in [0, 0.1) is 0 Å². The molecule has 0 aliphatic carbocycles. The summed E-state index contributed by atoms with van der Waals surface area (Å²) in [6, 6.07) is 11.5. The molecule has 0 bridgehead atoms. The van der Waals surface area contributed by atoms with E-state index >= 15 is 0 Å². The average molecular weight is 291 g/mol. The van der Waals surface area contributed by atoms with Crippen molar-refractivity contribution in [1.82, 2.24) is 4.98 Å². The summed E-state index contributed by atoms with van der Waals surface area (Å²) >= 11 is 5.97. The van der Waals surface area contributed by atoms with Gasteiger partial charge in [0.05, 0.1) is 10.7 Å². The summed E-state index contributed by atoms with van der Waals surface area (Å²) in [5.41, 5.74) is 7.60. The Balaban J connectivity index is 2.18. The molecule has 2 aromatic rings. The molecular formula is C16H19ClN2O. The van der Waals surface area contributed by atoms with Crippen molar-refractivity contribution >= 4 is 11.6 Å². The van der Waals surface area contributed by atoms with E-state index in [1.54, 1.807) is 12.1 Å². The quantitative estimate of drug-likeness (QED) is 0.917. The minimum Gasteiger partial charge on any atom is -0.439 e. The number of nitrogens with zero attached hydrogens (tertiary/aromatic N) is 1. The fraction of sp³-hybridized carbons (Fsp3) is 0.312. The molecule has 20 heavy (non-hydrogen) atoms. The van der Waals surface area contributed by atoms with Gasteiger partial charge < -0.3 is 10.5 Å². The Kier molecular flexibility index (Phi) is 4.31. The Morgan fingerprint density at radius 3 is 2.30 bits per heavy atom. The molecular weight excluding hydrogens is 272 g/mol. The van der Waals surface area contributed by atoms with E-state index in [9.17, 15) is 0 Å². The third-order valence-electron chi connectivity index (χ3n) is 3.03. The monoisotopic (exact) mass is 290 g/mol. The Morgan fingerprint density at radius 2 is 1.75 bits per heavy atom. The summed E-state index contributed by atoms with van der Waals surface area (Å²) in [5.74, 6) is 1.24. The lowest BCUT2D eigenvalue weighted by molar-refractivity contribution is 0.460. The normalized spacial score (nSPS) is 11.4. The standard InChI is InChI=1S/C16H19ClN2O/c1-16(2,3)11-4-6-12(7-5-11)20-15-9-8-13(17)14(10-18)19-15/h4-9H,10,18H2,1-3H3. The summed E-state index contributed by atoms with van der Waals surface area (Å²) in [6.07, 6.45) is 0. The molecule has 0 aliphatic rings. The highest BCUT2D eigenvalue weighted by Gasteiger charge is 2.13. The Hall–Kier alpha value is -1.58. The van der Waals surface area contributed by atoms with E-state index in [1.165, 1.54) is 5.56 Å². The first-order chi connectivity index (χ1) is 9.40. The van der Waals surface area contributed by atoms with Crippen molar-refractivity contribution in [2.24, 2.45) is 5.73 Å². The van der Waals surface area contributed by atoms with Crippen LogP contribution in [0.15, 0.2) is 36.4 Å². The van der Waals surface area contributed by atoms with Crippen LogP contribution in [-0.4, -0.2) is 4.98 Å². The van der Waals surface area contributed by atoms with E-state index in [2.05, 4.69) is 37.9 Å². The molecule has 0 atom stereocenters. The maximum absolute atomic E-state index is 5.97. The molecule has 0 unspecified atom stereocenters. The summed E-state index contributed by atoms with van der Waals surface area (Å²) in [5, 5.41) is 0.558. The second-order valence-electron chi connectivity index (χ2n) is 5.66. The van der Waals surface area contributed by atoms with Gasteiger partial charge in [0.2, 0.25) is 5.88 Å². The van der Waals surface area contributed by atoms with Crippen molar-refractivity contribution < 1.29 is 4.74 Å². The van der Waals surface area contributed by atoms with E-state index in [4.69, 9.17) is 22.1 Å². The summed E-state index contributed by atoms with van der Waals surface area (Å²) in [7, 11) is 0. The first-order valence-electron chi connectivity index (χ1n) is 6.54. The van der Waals surface area contributed by atoms with Crippen LogP contribution in [0.4, 0.5) is 0 Å². The summed E-state index contributed by atoms with van der Waals surface area (Å²) in [4.78, 5) is 4.28. The molecule has 1 aromatic carbocycles. The predicted octanol–water partition coefficient (Wildman–Crippen LogP) is 4.28. The van der Waals surface area contributed by atoms with Gasteiger partial charge in [-0.25, -0.2) is 4.98 Å². The Labute approximate surface area is 124 Å². The molecule has 106 valence electrons. The van der Waals surface area contributed by atoms with E-state index < -0.39 is 0 Å². The van der Waals surface area contributed by atoms with Crippen molar-refractivity contribution in [3.05, 3.63) is 52.7 Å². The van der Waals surface area contributed by atoms with E-state index in [0.717, 1.165) is 5.75 Å². The maximum atomic E-state index is 5.97. The van der Waals surface area contributed by atoms with Gasteiger partial charge in [0.15, 0.2) is 0 Å². The third-order valence-corrected chi connectivity index (χ3v) is 3.37. The van der Waals surface area contributed by atoms with Gasteiger partial charge in [-0.1, -0.05) is 44.5 Å². The molecule has 2 N–H and O–H groups in total. The van der Waals surface area contributed by atoms with Crippen molar-refractivity contribution in [1.29, 1.82) is 0 Å². The van der Waals surface area contributed by atoms with Crippen molar-refractivity contribution in [2.75, 3.05) is 0 Å². The van der Waals surface area contributed by atoms with Gasteiger partial charge in [-0.15, -0.1) is 0 Å². The topological polar surface area (TPSA) is 48.1 Å². The van der Waals surface area contributed by atoms with Crippen LogP contribution in [0.25, 0.3) is 0 Å². The number of nitrogens with two attached hydrogens (primary N) is 1. The van der Waals surface area contributed by atoms with Crippen LogP contribution >= 0.6 is 11.6 Å². The zero-order chi connectivity index (χ0) is 14.8. The van der Waals surface area contributed by atoms with Crippen molar-refractivity contribution in [3.63, 3.8) is 0 Å². The van der Waals surface area contributed by atoms with Crippen LogP contribution in [0.5, 0.6) is 11.6 Å². The molecule has 2 rings (SSSR count). The maximum Gasteiger partial charge on any atom is 0.219 e. The largest absolute Gasteiger partial charge is 0.439 e. The van der Waals surface area contributed by atoms with Gasteiger partial charge in [-0.3, -0.25) is 0 Å². The molecule has 0 fully saturated rings. The number of pyridine rings is 1. The number of hydrogen-bond donors (Lipinski definition) is 1. The third kappa shape index (κ3) is 3.50. The highest BCUT2D eigenvalue weighted by Crippen LogP contribution is 2.27. The molecule has 0 saturated heterocycles. The van der Waals surface area contributed by atoms with E-state index in [0.29, 0.717) is 23.1 Å². The lowest BCUT2D eigenvalue weighted by Crippen LogP contribution is -2.10. The Bertz CT molecular complexity index is 588. The lowest BCUT2D eigenvalue weighted by Gasteiger charge is -2.19. The minimum absolute atomic E-state index is 0.129. The minimum atomic E-state index is 0.129. The van der Waals surface area contributed by atoms with Crippen LogP contribution in [0.3, 0.4) is 0 Å². The number of benzene rings is 1. The van der Waals surface area contributed by atoms with Gasteiger partial charge in [-0.05, 0) is 29.2 Å². The van der Waals surface area contributed by atoms with Crippen LogP contribution in [0.2, 0.25) is 5.02 Å². The highest BCUT2D eigenvalue weighted by atomic mass is 35.5. The van der Waals surface area contributed by atoms with Crippen LogP contribution < -0.4 is 10.5 Å².